The van der Waals surface area contributed by atoms with Gasteiger partial charge in [0.2, 0.25) is 0 Å². The van der Waals surface area contributed by atoms with Gasteiger partial charge in [-0.3, -0.25) is 19.8 Å². The molecule has 1 aromatic carbocycles. The summed E-state index contributed by atoms with van der Waals surface area (Å²) in [4.78, 5) is 23.6. The Kier molecular flexibility index (Phi) is 4.57. The molecule has 1 atom stereocenters. The smallest absolute Gasteiger partial charge is 0.320 e. The minimum Gasteiger partial charge on any atom is -0.480 e. The Bertz CT molecular complexity index is 535. The maximum Gasteiger partial charge on any atom is 0.320 e. The molecule has 1 N–H and O–H groups in total. The summed E-state index contributed by atoms with van der Waals surface area (Å²) in [5.74, 6) is -0.889. The van der Waals surface area contributed by atoms with Gasteiger partial charge in [0, 0.05) is 12.6 Å². The zero-order valence-corrected chi connectivity index (χ0v) is 11.5. The van der Waals surface area contributed by atoms with Crippen molar-refractivity contribution in [3.05, 3.63) is 38.9 Å². The molecule has 0 aromatic heterocycles. The molecule has 7 heteroatoms. The van der Waals surface area contributed by atoms with Gasteiger partial charge < -0.3 is 5.11 Å². The van der Waals surface area contributed by atoms with E-state index in [0.29, 0.717) is 23.6 Å². The number of halogens is 1. The summed E-state index contributed by atoms with van der Waals surface area (Å²) in [6.07, 6.45) is 2.31. The summed E-state index contributed by atoms with van der Waals surface area (Å²) >= 11 is 6.04. The second kappa shape index (κ2) is 6.19. The van der Waals surface area contributed by atoms with E-state index in [1.807, 2.05) is 0 Å². The lowest BCUT2D eigenvalue weighted by atomic mass is 10.0. The number of carboxylic acid groups (broad SMARTS) is 1. The zero-order valence-electron chi connectivity index (χ0n) is 10.8. The highest BCUT2D eigenvalue weighted by molar-refractivity contribution is 6.31. The molecular formula is C13H15ClN2O4. The number of piperidine rings is 1. The third-order valence-electron chi connectivity index (χ3n) is 3.55. The number of benzene rings is 1. The Morgan fingerprint density at radius 1 is 1.50 bits per heavy atom. The molecule has 0 aliphatic carbocycles. The largest absolute Gasteiger partial charge is 0.480 e. The van der Waals surface area contributed by atoms with E-state index in [9.17, 15) is 20.0 Å². The molecule has 0 spiro atoms. The monoisotopic (exact) mass is 298 g/mol. The number of likely N-dealkylation sites (tertiary alicyclic amines) is 1. The maximum atomic E-state index is 11.3. The van der Waals surface area contributed by atoms with Gasteiger partial charge in [-0.05, 0) is 25.5 Å². The average molecular weight is 299 g/mol. The Morgan fingerprint density at radius 2 is 2.25 bits per heavy atom. The lowest BCUT2D eigenvalue weighted by Gasteiger charge is -2.32. The lowest BCUT2D eigenvalue weighted by molar-refractivity contribution is -0.385. The minimum atomic E-state index is -0.889. The van der Waals surface area contributed by atoms with Crippen molar-refractivity contribution in [3.63, 3.8) is 0 Å². The first-order chi connectivity index (χ1) is 9.50. The Balaban J connectivity index is 2.28. The third-order valence-corrected chi connectivity index (χ3v) is 3.90. The molecule has 1 unspecified atom stereocenters. The Morgan fingerprint density at radius 3 is 2.90 bits per heavy atom. The predicted molar refractivity (Wildman–Crippen MR) is 73.8 cm³/mol. The van der Waals surface area contributed by atoms with Crippen LogP contribution in [0, 0.1) is 10.1 Å². The van der Waals surface area contributed by atoms with E-state index >= 15 is 0 Å². The first-order valence-corrected chi connectivity index (χ1v) is 6.77. The van der Waals surface area contributed by atoms with Gasteiger partial charge in [-0.25, -0.2) is 0 Å². The van der Waals surface area contributed by atoms with E-state index in [4.69, 9.17) is 11.6 Å². The van der Waals surface area contributed by atoms with Crippen molar-refractivity contribution in [2.24, 2.45) is 0 Å². The predicted octanol–water partition coefficient (Wildman–Crippen LogP) is 2.69. The van der Waals surface area contributed by atoms with E-state index < -0.39 is 16.9 Å². The van der Waals surface area contributed by atoms with Gasteiger partial charge in [-0.1, -0.05) is 24.1 Å². The highest BCUT2D eigenvalue weighted by Gasteiger charge is 2.30. The number of nitro benzene ring substituents is 1. The van der Waals surface area contributed by atoms with Crippen molar-refractivity contribution >= 4 is 23.3 Å². The molecule has 0 saturated carbocycles. The molecule has 1 aromatic rings. The first-order valence-electron chi connectivity index (χ1n) is 6.39. The van der Waals surface area contributed by atoms with E-state index in [0.717, 1.165) is 12.8 Å². The van der Waals surface area contributed by atoms with Gasteiger partial charge in [0.1, 0.15) is 6.04 Å². The van der Waals surface area contributed by atoms with E-state index in [2.05, 4.69) is 0 Å². The number of aliphatic carboxylic acids is 1. The number of nitro groups is 1. The highest BCUT2D eigenvalue weighted by Crippen LogP contribution is 2.30. The number of rotatable bonds is 4. The van der Waals surface area contributed by atoms with Crippen LogP contribution < -0.4 is 0 Å². The standard InChI is InChI=1S/C13H15ClN2O4/c14-10-4-3-6-11(16(19)20)9(10)8-15-7-2-1-5-12(15)13(17)18/h3-4,6,12H,1-2,5,7-8H2,(H,17,18). The van der Waals surface area contributed by atoms with Crippen LogP contribution in [-0.4, -0.2) is 33.5 Å². The van der Waals surface area contributed by atoms with Crippen molar-refractivity contribution in [3.8, 4) is 0 Å². The minimum absolute atomic E-state index is 0.0628. The van der Waals surface area contributed by atoms with Gasteiger partial charge in [0.15, 0.2) is 0 Å². The fraction of sp³-hybridized carbons (Fsp3) is 0.462. The summed E-state index contributed by atoms with van der Waals surface area (Å²) in [5, 5.41) is 20.6. The molecular weight excluding hydrogens is 284 g/mol. The van der Waals surface area contributed by atoms with Crippen molar-refractivity contribution < 1.29 is 14.8 Å². The second-order valence-electron chi connectivity index (χ2n) is 4.81. The van der Waals surface area contributed by atoms with Gasteiger partial charge in [-0.2, -0.15) is 0 Å². The zero-order chi connectivity index (χ0) is 14.7. The van der Waals surface area contributed by atoms with E-state index in [-0.39, 0.29) is 12.2 Å². The fourth-order valence-corrected chi connectivity index (χ4v) is 2.77. The quantitative estimate of drug-likeness (QED) is 0.682. The Labute approximate surface area is 121 Å². The molecule has 1 heterocycles. The summed E-state index contributed by atoms with van der Waals surface area (Å²) in [5.41, 5.74) is 0.319. The molecule has 1 fully saturated rings. The van der Waals surface area contributed by atoms with Crippen molar-refractivity contribution in [1.82, 2.24) is 4.90 Å². The number of carboxylic acids is 1. The highest BCUT2D eigenvalue weighted by atomic mass is 35.5. The van der Waals surface area contributed by atoms with Crippen LogP contribution >= 0.6 is 11.6 Å². The summed E-state index contributed by atoms with van der Waals surface area (Å²) < 4.78 is 0. The van der Waals surface area contributed by atoms with Crippen LogP contribution in [0.3, 0.4) is 0 Å². The van der Waals surface area contributed by atoms with Crippen molar-refractivity contribution in [2.45, 2.75) is 31.8 Å². The fourth-order valence-electron chi connectivity index (χ4n) is 2.54. The lowest BCUT2D eigenvalue weighted by Crippen LogP contribution is -2.44. The first kappa shape index (κ1) is 14.7. The van der Waals surface area contributed by atoms with E-state index in [1.54, 1.807) is 11.0 Å². The van der Waals surface area contributed by atoms with Crippen LogP contribution in [0.4, 0.5) is 5.69 Å². The molecule has 20 heavy (non-hydrogen) atoms. The number of hydrogen-bond acceptors (Lipinski definition) is 4. The Hall–Kier alpha value is -1.66. The van der Waals surface area contributed by atoms with Crippen LogP contribution in [0.2, 0.25) is 5.02 Å². The topological polar surface area (TPSA) is 83.7 Å². The van der Waals surface area contributed by atoms with Crippen LogP contribution in [-0.2, 0) is 11.3 Å². The van der Waals surface area contributed by atoms with Crippen LogP contribution in [0.15, 0.2) is 18.2 Å². The third kappa shape index (κ3) is 3.08. The van der Waals surface area contributed by atoms with Crippen molar-refractivity contribution in [2.75, 3.05) is 6.54 Å². The SMILES string of the molecule is O=C(O)C1CCCCN1Cc1c(Cl)cccc1[N+](=O)[O-]. The number of hydrogen-bond donors (Lipinski definition) is 1. The average Bonchev–Trinajstić information content (AvgIpc) is 2.41. The van der Waals surface area contributed by atoms with Crippen molar-refractivity contribution in [1.29, 1.82) is 0 Å². The normalized spacial score (nSPS) is 19.8. The van der Waals surface area contributed by atoms with Crippen LogP contribution in [0.5, 0.6) is 0 Å². The number of nitrogens with zero attached hydrogens (tertiary/aromatic N) is 2. The van der Waals surface area contributed by atoms with Gasteiger partial charge in [0.05, 0.1) is 15.5 Å². The van der Waals surface area contributed by atoms with E-state index in [1.165, 1.54) is 12.1 Å². The van der Waals surface area contributed by atoms with Gasteiger partial charge in [-0.15, -0.1) is 0 Å². The maximum absolute atomic E-state index is 11.3. The van der Waals surface area contributed by atoms with Gasteiger partial charge >= 0.3 is 5.97 Å². The summed E-state index contributed by atoms with van der Waals surface area (Å²) in [6, 6.07) is 3.90. The van der Waals surface area contributed by atoms with Crippen LogP contribution in [0.1, 0.15) is 24.8 Å². The molecule has 6 nitrogen and oxygen atoms in total. The van der Waals surface area contributed by atoms with Crippen LogP contribution in [0.25, 0.3) is 0 Å². The molecule has 1 saturated heterocycles. The molecule has 0 amide bonds. The molecule has 1 aliphatic rings. The molecule has 108 valence electrons. The summed E-state index contributed by atoms with van der Waals surface area (Å²) in [7, 11) is 0. The molecule has 1 aliphatic heterocycles. The summed E-state index contributed by atoms with van der Waals surface area (Å²) in [6.45, 7) is 0.798. The van der Waals surface area contributed by atoms with Gasteiger partial charge in [0.25, 0.3) is 5.69 Å². The molecule has 0 radical (unpaired) electrons. The molecule has 0 bridgehead atoms. The molecule has 2 rings (SSSR count). The number of carbonyl (C=O) groups is 1. The second-order valence-corrected chi connectivity index (χ2v) is 5.22.